The number of ether oxygens (including phenoxy) is 2. The number of unbranched alkanes of at least 4 members (excludes halogenated alkanes) is 3. The second kappa shape index (κ2) is 16.6. The maximum Gasteiger partial charge on any atom is 0.408 e. The first-order chi connectivity index (χ1) is 17.5. The summed E-state index contributed by atoms with van der Waals surface area (Å²) in [6.45, 7) is 8.68. The van der Waals surface area contributed by atoms with Crippen LogP contribution in [0.5, 0.6) is 0 Å². The Bertz CT molecular complexity index is 855. The molecule has 3 amide bonds. The van der Waals surface area contributed by atoms with Crippen molar-refractivity contribution in [3.8, 4) is 0 Å². The van der Waals surface area contributed by atoms with Gasteiger partial charge in [-0.2, -0.15) is 0 Å². The number of amides is 3. The third kappa shape index (κ3) is 12.1. The minimum Gasteiger partial charge on any atom is -0.466 e. The highest BCUT2D eigenvalue weighted by Gasteiger charge is 2.35. The van der Waals surface area contributed by atoms with Crippen LogP contribution in [-0.2, 0) is 23.9 Å². The summed E-state index contributed by atoms with van der Waals surface area (Å²) in [5.41, 5.74) is -0.229. The molecule has 10 heteroatoms. The molecule has 0 bridgehead atoms. The van der Waals surface area contributed by atoms with Gasteiger partial charge in [-0.25, -0.2) is 4.79 Å². The number of alkyl carbamates (subject to hydrolysis) is 1. The van der Waals surface area contributed by atoms with Crippen LogP contribution in [0.15, 0.2) is 30.3 Å². The highest BCUT2D eigenvalue weighted by molar-refractivity contribution is 5.92. The molecular weight excluding hydrogens is 478 g/mol. The number of carbonyl (C=O) groups excluding carboxylic acids is 4. The van der Waals surface area contributed by atoms with Crippen molar-refractivity contribution in [1.29, 1.82) is 0 Å². The van der Waals surface area contributed by atoms with Gasteiger partial charge in [0, 0.05) is 13.1 Å². The summed E-state index contributed by atoms with van der Waals surface area (Å²) in [7, 11) is 0. The molecule has 0 aliphatic heterocycles. The van der Waals surface area contributed by atoms with Gasteiger partial charge in [-0.3, -0.25) is 14.4 Å². The molecule has 2 unspecified atom stereocenters. The Kier molecular flexibility index (Phi) is 14.3. The Morgan fingerprint density at radius 1 is 1.03 bits per heavy atom. The molecule has 37 heavy (non-hydrogen) atoms. The molecule has 0 radical (unpaired) electrons. The summed E-state index contributed by atoms with van der Waals surface area (Å²) < 4.78 is 10.2. The van der Waals surface area contributed by atoms with E-state index >= 15 is 0 Å². The van der Waals surface area contributed by atoms with E-state index in [4.69, 9.17) is 9.47 Å². The molecule has 1 aromatic rings. The molecule has 0 aliphatic carbocycles. The zero-order chi connectivity index (χ0) is 27.8. The molecule has 0 aromatic heterocycles. The molecule has 10 nitrogen and oxygen atoms in total. The van der Waals surface area contributed by atoms with Crippen LogP contribution in [0.3, 0.4) is 0 Å². The fourth-order valence-electron chi connectivity index (χ4n) is 3.64. The molecule has 1 aromatic carbocycles. The third-order valence-corrected chi connectivity index (χ3v) is 5.32. The number of hydrogen-bond donors (Lipinski definition) is 3. The van der Waals surface area contributed by atoms with Crippen molar-refractivity contribution in [2.45, 2.75) is 84.4 Å². The van der Waals surface area contributed by atoms with Crippen molar-refractivity contribution in [3.63, 3.8) is 0 Å². The van der Waals surface area contributed by atoms with Gasteiger partial charge in [0.1, 0.15) is 17.7 Å². The number of benzene rings is 1. The largest absolute Gasteiger partial charge is 0.466 e. The Balaban J connectivity index is 3.24. The van der Waals surface area contributed by atoms with Crippen LogP contribution in [0.25, 0.3) is 0 Å². The fraction of sp³-hybridized carbons (Fsp3) is 0.630. The second-order valence-corrected chi connectivity index (χ2v) is 9.63. The van der Waals surface area contributed by atoms with Crippen LogP contribution in [-0.4, -0.2) is 71.8 Å². The topological polar surface area (TPSA) is 134 Å². The number of aliphatic hydroxyl groups is 1. The Morgan fingerprint density at radius 3 is 2.27 bits per heavy atom. The summed E-state index contributed by atoms with van der Waals surface area (Å²) >= 11 is 0. The van der Waals surface area contributed by atoms with Crippen molar-refractivity contribution in [2.24, 2.45) is 0 Å². The lowest BCUT2D eigenvalue weighted by Crippen LogP contribution is -2.54. The Labute approximate surface area is 220 Å². The van der Waals surface area contributed by atoms with E-state index in [1.54, 1.807) is 58.0 Å². The van der Waals surface area contributed by atoms with E-state index in [1.807, 2.05) is 0 Å². The van der Waals surface area contributed by atoms with Crippen molar-refractivity contribution in [2.75, 3.05) is 26.3 Å². The van der Waals surface area contributed by atoms with E-state index in [2.05, 4.69) is 17.6 Å². The normalized spacial score (nSPS) is 12.7. The summed E-state index contributed by atoms with van der Waals surface area (Å²) in [4.78, 5) is 52.5. The van der Waals surface area contributed by atoms with Crippen LogP contribution in [0.1, 0.15) is 78.3 Å². The molecule has 2 atom stereocenters. The van der Waals surface area contributed by atoms with Crippen molar-refractivity contribution >= 4 is 23.9 Å². The molecule has 1 rings (SSSR count). The van der Waals surface area contributed by atoms with Crippen LogP contribution >= 0.6 is 0 Å². The Morgan fingerprint density at radius 2 is 1.70 bits per heavy atom. The SMILES string of the molecule is CCCCCCN(C(=O)C(CO)NC(=O)OC(C)(C)C)C(C(=O)NCCC(=O)OCC)c1ccccc1. The van der Waals surface area contributed by atoms with E-state index in [0.29, 0.717) is 12.0 Å². The second-order valence-electron chi connectivity index (χ2n) is 9.63. The molecule has 0 fully saturated rings. The molecule has 0 aliphatic rings. The molecule has 0 heterocycles. The first kappa shape index (κ1) is 31.9. The highest BCUT2D eigenvalue weighted by atomic mass is 16.6. The number of nitrogens with one attached hydrogen (secondary N) is 2. The minimum atomic E-state index is -1.31. The van der Waals surface area contributed by atoms with E-state index in [9.17, 15) is 24.3 Å². The van der Waals surface area contributed by atoms with E-state index in [-0.39, 0.29) is 26.1 Å². The third-order valence-electron chi connectivity index (χ3n) is 5.32. The van der Waals surface area contributed by atoms with Gasteiger partial charge < -0.3 is 30.1 Å². The van der Waals surface area contributed by atoms with Crippen molar-refractivity contribution < 1.29 is 33.8 Å². The lowest BCUT2D eigenvalue weighted by Gasteiger charge is -2.34. The lowest BCUT2D eigenvalue weighted by molar-refractivity contribution is -0.144. The number of carbonyl (C=O) groups is 4. The fourth-order valence-corrected chi connectivity index (χ4v) is 3.64. The van der Waals surface area contributed by atoms with Crippen LogP contribution in [0.4, 0.5) is 4.79 Å². The molecule has 208 valence electrons. The quantitative estimate of drug-likeness (QED) is 0.238. The van der Waals surface area contributed by atoms with Crippen molar-refractivity contribution in [1.82, 2.24) is 15.5 Å². The molecule has 3 N–H and O–H groups in total. The number of hydrogen-bond acceptors (Lipinski definition) is 7. The first-order valence-corrected chi connectivity index (χ1v) is 12.9. The monoisotopic (exact) mass is 521 g/mol. The average molecular weight is 522 g/mol. The molecular formula is C27H43N3O7. The number of rotatable bonds is 15. The van der Waals surface area contributed by atoms with Gasteiger partial charge in [-0.05, 0) is 39.7 Å². The zero-order valence-corrected chi connectivity index (χ0v) is 22.7. The molecule has 0 spiro atoms. The summed E-state index contributed by atoms with van der Waals surface area (Å²) in [6, 6.07) is 6.45. The molecule has 0 saturated heterocycles. The van der Waals surface area contributed by atoms with E-state index < -0.39 is 48.2 Å². The van der Waals surface area contributed by atoms with Gasteiger partial charge in [-0.1, -0.05) is 56.5 Å². The predicted octanol–water partition coefficient (Wildman–Crippen LogP) is 3.09. The van der Waals surface area contributed by atoms with Gasteiger partial charge in [-0.15, -0.1) is 0 Å². The lowest BCUT2D eigenvalue weighted by atomic mass is 10.0. The van der Waals surface area contributed by atoms with Gasteiger partial charge >= 0.3 is 12.1 Å². The number of esters is 1. The van der Waals surface area contributed by atoms with E-state index in [1.165, 1.54) is 4.90 Å². The highest BCUT2D eigenvalue weighted by Crippen LogP contribution is 2.23. The average Bonchev–Trinajstić information content (AvgIpc) is 2.83. The van der Waals surface area contributed by atoms with Crippen LogP contribution in [0.2, 0.25) is 0 Å². The minimum absolute atomic E-state index is 0.00893. The molecule has 0 saturated carbocycles. The Hall–Kier alpha value is -3.14. The summed E-state index contributed by atoms with van der Waals surface area (Å²) in [5.74, 6) is -1.53. The van der Waals surface area contributed by atoms with Crippen molar-refractivity contribution in [3.05, 3.63) is 35.9 Å². The maximum absolute atomic E-state index is 13.7. The van der Waals surface area contributed by atoms with Crippen LogP contribution < -0.4 is 10.6 Å². The first-order valence-electron chi connectivity index (χ1n) is 12.9. The number of nitrogens with zero attached hydrogens (tertiary/aromatic N) is 1. The van der Waals surface area contributed by atoms with Gasteiger partial charge in [0.2, 0.25) is 11.8 Å². The maximum atomic E-state index is 13.7. The van der Waals surface area contributed by atoms with Gasteiger partial charge in [0.25, 0.3) is 0 Å². The summed E-state index contributed by atoms with van der Waals surface area (Å²) in [5, 5.41) is 15.1. The summed E-state index contributed by atoms with van der Waals surface area (Å²) in [6.07, 6.45) is 2.57. The number of aliphatic hydroxyl groups excluding tert-OH is 1. The zero-order valence-electron chi connectivity index (χ0n) is 22.7. The van der Waals surface area contributed by atoms with Gasteiger partial charge in [0.05, 0.1) is 19.6 Å². The van der Waals surface area contributed by atoms with Gasteiger partial charge in [0.15, 0.2) is 0 Å². The standard InChI is InChI=1S/C27H43N3O7/c1-6-8-9-13-18-30(25(34)21(19-31)29-26(35)37-27(3,4)5)23(20-14-11-10-12-15-20)24(33)28-17-16-22(32)36-7-2/h10-12,14-15,21,23,31H,6-9,13,16-19H2,1-5H3,(H,28,33)(H,29,35). The predicted molar refractivity (Wildman–Crippen MR) is 140 cm³/mol. The smallest absolute Gasteiger partial charge is 0.408 e. The van der Waals surface area contributed by atoms with Crippen LogP contribution in [0, 0.1) is 0 Å². The van der Waals surface area contributed by atoms with E-state index in [0.717, 1.165) is 19.3 Å².